The highest BCUT2D eigenvalue weighted by atomic mass is 32.2. The molecule has 0 aliphatic heterocycles. The topological polar surface area (TPSA) is 71.2 Å². The van der Waals surface area contributed by atoms with Gasteiger partial charge in [-0.05, 0) is 12.7 Å². The van der Waals surface area contributed by atoms with Crippen molar-refractivity contribution in [1.82, 2.24) is 10.1 Å². The normalized spacial score (nSPS) is 13.1. The Morgan fingerprint density at radius 2 is 2.25 bits per heavy atom. The molecule has 1 heterocycles. The Balaban J connectivity index is 2.55. The predicted octanol–water partition coefficient (Wildman–Crippen LogP) is 1.72. The Morgan fingerprint density at radius 1 is 1.50 bits per heavy atom. The first kappa shape index (κ1) is 13.3. The quantitative estimate of drug-likeness (QED) is 0.762. The molecule has 0 aliphatic rings. The van der Waals surface area contributed by atoms with E-state index in [-0.39, 0.29) is 18.6 Å². The molecule has 0 bridgehead atoms. The van der Waals surface area contributed by atoms with Gasteiger partial charge in [0.05, 0.1) is 0 Å². The Hall–Kier alpha value is -0.750. The van der Waals surface area contributed by atoms with Gasteiger partial charge >= 0.3 is 6.01 Å². The highest BCUT2D eigenvalue weighted by Crippen LogP contribution is 2.14. The maximum absolute atomic E-state index is 8.92. The summed E-state index contributed by atoms with van der Waals surface area (Å²) in [7, 11) is 0. The molecule has 1 atom stereocenters. The largest absolute Gasteiger partial charge is 0.396 e. The summed E-state index contributed by atoms with van der Waals surface area (Å²) in [6, 6.07) is 0.608. The second-order valence-electron chi connectivity index (χ2n) is 3.92. The van der Waals surface area contributed by atoms with Gasteiger partial charge in [0.2, 0.25) is 0 Å². The SMILES string of the molecule is CSCC(CCO)Nc1nc(C(C)C)no1. The fraction of sp³-hybridized carbons (Fsp3) is 0.800. The number of hydrogen-bond donors (Lipinski definition) is 2. The summed E-state index contributed by atoms with van der Waals surface area (Å²) in [6.45, 7) is 4.19. The van der Waals surface area contributed by atoms with Crippen molar-refractivity contribution in [1.29, 1.82) is 0 Å². The van der Waals surface area contributed by atoms with Crippen LogP contribution in [0.15, 0.2) is 4.52 Å². The molecule has 6 heteroatoms. The molecule has 0 radical (unpaired) electrons. The lowest BCUT2D eigenvalue weighted by molar-refractivity contribution is 0.281. The second-order valence-corrected chi connectivity index (χ2v) is 4.83. The summed E-state index contributed by atoms with van der Waals surface area (Å²) in [6.07, 6.45) is 2.71. The molecule has 0 spiro atoms. The molecule has 92 valence electrons. The highest BCUT2D eigenvalue weighted by Gasteiger charge is 2.13. The Labute approximate surface area is 100 Å². The summed E-state index contributed by atoms with van der Waals surface area (Å²) in [5.41, 5.74) is 0. The maximum Gasteiger partial charge on any atom is 0.321 e. The van der Waals surface area contributed by atoms with E-state index in [1.165, 1.54) is 0 Å². The van der Waals surface area contributed by atoms with E-state index >= 15 is 0 Å². The lowest BCUT2D eigenvalue weighted by Crippen LogP contribution is -2.23. The molecule has 0 saturated heterocycles. The summed E-state index contributed by atoms with van der Waals surface area (Å²) in [4.78, 5) is 4.23. The van der Waals surface area contributed by atoms with Crippen LogP contribution in [0.4, 0.5) is 6.01 Å². The van der Waals surface area contributed by atoms with Crippen molar-refractivity contribution >= 4 is 17.8 Å². The summed E-state index contributed by atoms with van der Waals surface area (Å²) >= 11 is 1.72. The van der Waals surface area contributed by atoms with Crippen LogP contribution in [0.5, 0.6) is 0 Å². The third-order valence-electron chi connectivity index (χ3n) is 2.13. The number of aliphatic hydroxyl groups is 1. The number of nitrogens with zero attached hydrogens (tertiary/aromatic N) is 2. The van der Waals surface area contributed by atoms with E-state index in [0.717, 1.165) is 5.75 Å². The molecule has 1 unspecified atom stereocenters. The number of anilines is 1. The second kappa shape index (κ2) is 6.75. The molecule has 16 heavy (non-hydrogen) atoms. The zero-order valence-electron chi connectivity index (χ0n) is 9.93. The zero-order chi connectivity index (χ0) is 12.0. The maximum atomic E-state index is 8.92. The summed E-state index contributed by atoms with van der Waals surface area (Å²) in [5, 5.41) is 15.9. The minimum Gasteiger partial charge on any atom is -0.396 e. The summed E-state index contributed by atoms with van der Waals surface area (Å²) < 4.78 is 5.09. The smallest absolute Gasteiger partial charge is 0.321 e. The zero-order valence-corrected chi connectivity index (χ0v) is 10.8. The van der Waals surface area contributed by atoms with Gasteiger partial charge in [0, 0.05) is 24.3 Å². The van der Waals surface area contributed by atoms with E-state index in [2.05, 4.69) is 15.5 Å². The first-order chi connectivity index (χ1) is 7.67. The number of thioether (sulfide) groups is 1. The van der Waals surface area contributed by atoms with Crippen LogP contribution in [-0.2, 0) is 0 Å². The number of hydrogen-bond acceptors (Lipinski definition) is 6. The average molecular weight is 245 g/mol. The molecule has 0 aromatic carbocycles. The molecule has 2 N–H and O–H groups in total. The van der Waals surface area contributed by atoms with Gasteiger partial charge in [0.15, 0.2) is 5.82 Å². The van der Waals surface area contributed by atoms with Crippen molar-refractivity contribution in [2.45, 2.75) is 32.2 Å². The van der Waals surface area contributed by atoms with Gasteiger partial charge in [-0.15, -0.1) is 0 Å². The van der Waals surface area contributed by atoms with E-state index in [0.29, 0.717) is 18.3 Å². The van der Waals surface area contributed by atoms with Crippen LogP contribution in [0.1, 0.15) is 32.0 Å². The lowest BCUT2D eigenvalue weighted by Gasteiger charge is -2.14. The van der Waals surface area contributed by atoms with Crippen molar-refractivity contribution in [2.24, 2.45) is 0 Å². The van der Waals surface area contributed by atoms with Gasteiger partial charge in [0.1, 0.15) is 0 Å². The van der Waals surface area contributed by atoms with Crippen LogP contribution in [0.2, 0.25) is 0 Å². The molecule has 0 fully saturated rings. The molecular weight excluding hydrogens is 226 g/mol. The van der Waals surface area contributed by atoms with Crippen LogP contribution in [0.25, 0.3) is 0 Å². The Morgan fingerprint density at radius 3 is 2.75 bits per heavy atom. The third-order valence-corrected chi connectivity index (χ3v) is 2.87. The van der Waals surface area contributed by atoms with Gasteiger partial charge in [-0.1, -0.05) is 19.0 Å². The molecule has 0 saturated carbocycles. The van der Waals surface area contributed by atoms with Gasteiger partial charge in [-0.3, -0.25) is 0 Å². The minimum atomic E-state index is 0.156. The van der Waals surface area contributed by atoms with Crippen LogP contribution >= 0.6 is 11.8 Å². The van der Waals surface area contributed by atoms with Crippen LogP contribution in [-0.4, -0.2) is 39.9 Å². The van der Waals surface area contributed by atoms with Gasteiger partial charge < -0.3 is 14.9 Å². The summed E-state index contributed by atoms with van der Waals surface area (Å²) in [5.74, 6) is 1.87. The van der Waals surface area contributed by atoms with Crippen LogP contribution in [0, 0.1) is 0 Å². The molecular formula is C10H19N3O2S. The third kappa shape index (κ3) is 4.02. The monoisotopic (exact) mass is 245 g/mol. The number of aromatic nitrogens is 2. The highest BCUT2D eigenvalue weighted by molar-refractivity contribution is 7.98. The molecule has 1 aromatic heterocycles. The van der Waals surface area contributed by atoms with E-state index in [1.54, 1.807) is 11.8 Å². The fourth-order valence-corrected chi connectivity index (χ4v) is 1.91. The number of rotatable bonds is 7. The first-order valence-electron chi connectivity index (χ1n) is 5.37. The van der Waals surface area contributed by atoms with E-state index in [4.69, 9.17) is 9.63 Å². The van der Waals surface area contributed by atoms with Crippen LogP contribution in [0.3, 0.4) is 0 Å². The Kier molecular flexibility index (Phi) is 5.62. The van der Waals surface area contributed by atoms with Gasteiger partial charge in [-0.2, -0.15) is 16.7 Å². The molecule has 1 aromatic rings. The average Bonchev–Trinajstić information content (AvgIpc) is 2.67. The lowest BCUT2D eigenvalue weighted by atomic mass is 10.2. The van der Waals surface area contributed by atoms with Gasteiger partial charge in [0.25, 0.3) is 0 Å². The molecule has 0 aliphatic carbocycles. The predicted molar refractivity (Wildman–Crippen MR) is 65.9 cm³/mol. The standard InChI is InChI=1S/C10H19N3O2S/c1-7(2)9-12-10(15-13-9)11-8(4-5-14)6-16-3/h7-8,14H,4-6H2,1-3H3,(H,11,12,13). The Bertz CT molecular complexity index is 298. The number of aliphatic hydroxyl groups excluding tert-OH is 1. The molecule has 0 amide bonds. The molecule has 5 nitrogen and oxygen atoms in total. The van der Waals surface area contributed by atoms with Crippen molar-refractivity contribution in [3.63, 3.8) is 0 Å². The van der Waals surface area contributed by atoms with Gasteiger partial charge in [-0.25, -0.2) is 0 Å². The van der Waals surface area contributed by atoms with Crippen LogP contribution < -0.4 is 5.32 Å². The minimum absolute atomic E-state index is 0.156. The molecule has 1 rings (SSSR count). The van der Waals surface area contributed by atoms with E-state index < -0.39 is 0 Å². The van der Waals surface area contributed by atoms with Crippen molar-refractivity contribution in [2.75, 3.05) is 23.9 Å². The first-order valence-corrected chi connectivity index (χ1v) is 6.76. The van der Waals surface area contributed by atoms with E-state index in [1.807, 2.05) is 20.1 Å². The van der Waals surface area contributed by atoms with Crippen molar-refractivity contribution in [3.8, 4) is 0 Å². The van der Waals surface area contributed by atoms with Crippen molar-refractivity contribution in [3.05, 3.63) is 5.82 Å². The fourth-order valence-electron chi connectivity index (χ4n) is 1.26. The number of nitrogens with one attached hydrogen (secondary N) is 1. The van der Waals surface area contributed by atoms with Crippen molar-refractivity contribution < 1.29 is 9.63 Å². The van der Waals surface area contributed by atoms with E-state index in [9.17, 15) is 0 Å².